The third kappa shape index (κ3) is 29.2. The SMILES string of the molecule is CC(C)=O.CCCCCCCCCC(=O)O. The number of carbonyl (C=O) groups is 2. The van der Waals surface area contributed by atoms with Crippen molar-refractivity contribution in [3.8, 4) is 0 Å². The van der Waals surface area contributed by atoms with Crippen molar-refractivity contribution in [1.82, 2.24) is 0 Å². The van der Waals surface area contributed by atoms with Gasteiger partial charge in [0.05, 0.1) is 0 Å². The Morgan fingerprint density at radius 3 is 1.62 bits per heavy atom. The number of ketones is 1. The van der Waals surface area contributed by atoms with Crippen LogP contribution in [0.4, 0.5) is 0 Å². The Labute approximate surface area is 99.2 Å². The predicted molar refractivity (Wildman–Crippen MR) is 66.6 cm³/mol. The molecule has 1 N–H and O–H groups in total. The van der Waals surface area contributed by atoms with Crippen molar-refractivity contribution in [2.75, 3.05) is 0 Å². The molecule has 0 aliphatic rings. The molecule has 0 saturated heterocycles. The van der Waals surface area contributed by atoms with Gasteiger partial charge in [0, 0.05) is 6.42 Å². The maximum atomic E-state index is 10.1. The van der Waals surface area contributed by atoms with E-state index in [-0.39, 0.29) is 5.78 Å². The lowest BCUT2D eigenvalue weighted by Crippen LogP contribution is -1.93. The number of hydrogen-bond donors (Lipinski definition) is 1. The molecule has 0 aliphatic heterocycles. The van der Waals surface area contributed by atoms with Crippen molar-refractivity contribution >= 4 is 11.8 Å². The van der Waals surface area contributed by atoms with Crippen molar-refractivity contribution in [3.05, 3.63) is 0 Å². The molecule has 96 valence electrons. The van der Waals surface area contributed by atoms with Gasteiger partial charge in [0.25, 0.3) is 0 Å². The van der Waals surface area contributed by atoms with E-state index >= 15 is 0 Å². The van der Waals surface area contributed by atoms with Crippen LogP contribution in [0.15, 0.2) is 0 Å². The largest absolute Gasteiger partial charge is 0.481 e. The van der Waals surface area contributed by atoms with Crippen molar-refractivity contribution in [2.24, 2.45) is 0 Å². The van der Waals surface area contributed by atoms with E-state index in [2.05, 4.69) is 6.92 Å². The van der Waals surface area contributed by atoms with Crippen LogP contribution in [0.3, 0.4) is 0 Å². The number of carboxylic acids is 1. The molecule has 3 nitrogen and oxygen atoms in total. The van der Waals surface area contributed by atoms with E-state index in [9.17, 15) is 9.59 Å². The minimum absolute atomic E-state index is 0.167. The number of carbonyl (C=O) groups excluding carboxylic acids is 1. The fourth-order valence-corrected chi connectivity index (χ4v) is 1.23. The minimum atomic E-state index is -0.663. The molecule has 0 aliphatic carbocycles. The summed E-state index contributed by atoms with van der Waals surface area (Å²) in [6.45, 7) is 5.25. The molecular weight excluding hydrogens is 204 g/mol. The first-order valence-electron chi connectivity index (χ1n) is 6.19. The van der Waals surface area contributed by atoms with Crippen molar-refractivity contribution in [3.63, 3.8) is 0 Å². The standard InChI is InChI=1S/C10H20O2.C3H6O/c1-2-3-4-5-6-7-8-9-10(11)12;1-3(2)4/h2-9H2,1H3,(H,11,12);1-2H3. The molecule has 0 bridgehead atoms. The van der Waals surface area contributed by atoms with Gasteiger partial charge in [0.2, 0.25) is 0 Å². The zero-order chi connectivity index (χ0) is 12.8. The van der Waals surface area contributed by atoms with Gasteiger partial charge in [0.1, 0.15) is 5.78 Å². The first-order valence-corrected chi connectivity index (χ1v) is 6.19. The highest BCUT2D eigenvalue weighted by molar-refractivity contribution is 5.72. The minimum Gasteiger partial charge on any atom is -0.481 e. The van der Waals surface area contributed by atoms with E-state index in [0.29, 0.717) is 6.42 Å². The highest BCUT2D eigenvalue weighted by atomic mass is 16.4. The van der Waals surface area contributed by atoms with Gasteiger partial charge in [0.15, 0.2) is 0 Å². The van der Waals surface area contributed by atoms with E-state index in [1.807, 2.05) is 0 Å². The summed E-state index contributed by atoms with van der Waals surface area (Å²) in [5.41, 5.74) is 0. The van der Waals surface area contributed by atoms with Crippen LogP contribution in [0.1, 0.15) is 72.1 Å². The molecule has 0 aromatic heterocycles. The molecular formula is C13H26O3. The summed E-state index contributed by atoms with van der Waals surface area (Å²) in [5.74, 6) is -0.497. The van der Waals surface area contributed by atoms with Gasteiger partial charge in [-0.05, 0) is 20.3 Å². The van der Waals surface area contributed by atoms with Gasteiger partial charge in [-0.25, -0.2) is 0 Å². The normalized spacial score (nSPS) is 9.19. The summed E-state index contributed by atoms with van der Waals surface area (Å²) in [6, 6.07) is 0. The molecule has 0 aromatic rings. The summed E-state index contributed by atoms with van der Waals surface area (Å²) in [7, 11) is 0. The van der Waals surface area contributed by atoms with E-state index in [0.717, 1.165) is 12.8 Å². The Hall–Kier alpha value is -0.860. The summed E-state index contributed by atoms with van der Waals surface area (Å²) < 4.78 is 0. The number of rotatable bonds is 8. The molecule has 0 unspecified atom stereocenters. The molecule has 0 radical (unpaired) electrons. The van der Waals surface area contributed by atoms with Gasteiger partial charge in [-0.15, -0.1) is 0 Å². The van der Waals surface area contributed by atoms with Gasteiger partial charge in [-0.1, -0.05) is 45.4 Å². The Morgan fingerprint density at radius 2 is 1.25 bits per heavy atom. The number of aliphatic carboxylic acids is 1. The van der Waals surface area contributed by atoms with E-state index in [1.54, 1.807) is 0 Å². The average Bonchev–Trinajstić information content (AvgIpc) is 2.15. The van der Waals surface area contributed by atoms with E-state index in [1.165, 1.54) is 46.0 Å². The van der Waals surface area contributed by atoms with Crippen molar-refractivity contribution in [1.29, 1.82) is 0 Å². The van der Waals surface area contributed by atoms with Crippen LogP contribution in [0.2, 0.25) is 0 Å². The molecule has 0 fully saturated rings. The van der Waals surface area contributed by atoms with Crippen LogP contribution in [-0.4, -0.2) is 16.9 Å². The monoisotopic (exact) mass is 230 g/mol. The molecule has 0 saturated carbocycles. The second-order valence-electron chi connectivity index (χ2n) is 4.17. The highest BCUT2D eigenvalue weighted by Crippen LogP contribution is 2.07. The number of hydrogen-bond acceptors (Lipinski definition) is 2. The van der Waals surface area contributed by atoms with Crippen LogP contribution in [0.25, 0.3) is 0 Å². The smallest absolute Gasteiger partial charge is 0.303 e. The second-order valence-corrected chi connectivity index (χ2v) is 4.17. The lowest BCUT2D eigenvalue weighted by atomic mass is 10.1. The summed E-state index contributed by atoms with van der Waals surface area (Å²) in [5, 5.41) is 8.35. The van der Waals surface area contributed by atoms with Crippen LogP contribution in [0, 0.1) is 0 Å². The van der Waals surface area contributed by atoms with Crippen molar-refractivity contribution in [2.45, 2.75) is 72.1 Å². The molecule has 3 heteroatoms. The highest BCUT2D eigenvalue weighted by Gasteiger charge is 1.95. The number of unbranched alkanes of at least 4 members (excludes halogenated alkanes) is 6. The third-order valence-electron chi connectivity index (χ3n) is 1.99. The maximum absolute atomic E-state index is 10.1. The van der Waals surface area contributed by atoms with Crippen LogP contribution in [0.5, 0.6) is 0 Å². The third-order valence-corrected chi connectivity index (χ3v) is 1.99. The second kappa shape index (κ2) is 14.1. The average molecular weight is 230 g/mol. The van der Waals surface area contributed by atoms with Crippen LogP contribution < -0.4 is 0 Å². The summed E-state index contributed by atoms with van der Waals surface area (Å²) >= 11 is 0. The number of Topliss-reactive ketones (excluding diaryl/α,β-unsaturated/α-hetero) is 1. The molecule has 16 heavy (non-hydrogen) atoms. The fraction of sp³-hybridized carbons (Fsp3) is 0.846. The summed E-state index contributed by atoms with van der Waals surface area (Å²) in [4.78, 5) is 19.6. The van der Waals surface area contributed by atoms with Gasteiger partial charge >= 0.3 is 5.97 Å². The molecule has 0 aromatic carbocycles. The Morgan fingerprint density at radius 1 is 0.875 bits per heavy atom. The number of carboxylic acid groups (broad SMARTS) is 1. The van der Waals surface area contributed by atoms with Crippen LogP contribution >= 0.6 is 0 Å². The topological polar surface area (TPSA) is 54.4 Å². The lowest BCUT2D eigenvalue weighted by molar-refractivity contribution is -0.137. The molecule has 0 spiro atoms. The van der Waals surface area contributed by atoms with E-state index in [4.69, 9.17) is 5.11 Å². The van der Waals surface area contributed by atoms with Gasteiger partial charge < -0.3 is 9.90 Å². The molecule has 0 amide bonds. The Bertz CT molecular complexity index is 172. The van der Waals surface area contributed by atoms with Crippen molar-refractivity contribution < 1.29 is 14.7 Å². The quantitative estimate of drug-likeness (QED) is 0.645. The van der Waals surface area contributed by atoms with Crippen LogP contribution in [-0.2, 0) is 9.59 Å². The van der Waals surface area contributed by atoms with Gasteiger partial charge in [-0.3, -0.25) is 4.79 Å². The van der Waals surface area contributed by atoms with E-state index < -0.39 is 5.97 Å². The summed E-state index contributed by atoms with van der Waals surface area (Å²) in [6.07, 6.45) is 8.64. The zero-order valence-corrected chi connectivity index (χ0v) is 10.9. The Balaban J connectivity index is 0. The molecule has 0 heterocycles. The zero-order valence-electron chi connectivity index (χ0n) is 10.9. The molecule has 0 rings (SSSR count). The first kappa shape index (κ1) is 17.5. The first-order chi connectivity index (χ1) is 7.50. The maximum Gasteiger partial charge on any atom is 0.303 e. The lowest BCUT2D eigenvalue weighted by Gasteiger charge is -1.98. The fourth-order valence-electron chi connectivity index (χ4n) is 1.23. The molecule has 0 atom stereocenters. The van der Waals surface area contributed by atoms with Gasteiger partial charge in [-0.2, -0.15) is 0 Å². The predicted octanol–water partition coefficient (Wildman–Crippen LogP) is 3.81. The Kier molecular flexibility index (Phi) is 15.5.